The lowest BCUT2D eigenvalue weighted by atomic mass is 9.85. The number of aromatic nitrogens is 2. The third kappa shape index (κ3) is 5.81. The molecule has 2 heterocycles. The second-order valence-electron chi connectivity index (χ2n) is 9.79. The molecule has 9 heteroatoms. The van der Waals surface area contributed by atoms with Gasteiger partial charge >= 0.3 is 0 Å². The van der Waals surface area contributed by atoms with Gasteiger partial charge in [-0.25, -0.2) is 8.42 Å². The summed E-state index contributed by atoms with van der Waals surface area (Å²) in [5.74, 6) is 1.26. The van der Waals surface area contributed by atoms with Crippen LogP contribution in [0.5, 0.6) is 0 Å². The zero-order chi connectivity index (χ0) is 24.4. The van der Waals surface area contributed by atoms with Crippen molar-refractivity contribution in [2.75, 3.05) is 26.2 Å². The highest BCUT2D eigenvalue weighted by Gasteiger charge is 2.32. The molecule has 182 valence electrons. The van der Waals surface area contributed by atoms with Crippen LogP contribution in [0.1, 0.15) is 68.9 Å². The van der Waals surface area contributed by atoms with Gasteiger partial charge in [0.1, 0.15) is 0 Å². The van der Waals surface area contributed by atoms with Crippen LogP contribution in [0.4, 0.5) is 0 Å². The van der Waals surface area contributed by atoms with Crippen LogP contribution in [-0.4, -0.2) is 59.8 Å². The van der Waals surface area contributed by atoms with Gasteiger partial charge in [-0.3, -0.25) is 4.79 Å². The molecule has 1 aromatic heterocycles. The smallest absolute Gasteiger partial charge is 0.243 e. The van der Waals surface area contributed by atoms with Crippen LogP contribution in [0, 0.1) is 13.8 Å². The van der Waals surface area contributed by atoms with E-state index in [2.05, 4.69) is 30.9 Å². The summed E-state index contributed by atoms with van der Waals surface area (Å²) in [5.41, 5.74) is 2.61. The third-order valence-electron chi connectivity index (χ3n) is 6.12. The highest BCUT2D eigenvalue weighted by molar-refractivity contribution is 7.89. The summed E-state index contributed by atoms with van der Waals surface area (Å²) in [6, 6.07) is 3.96. The number of rotatable bonds is 7. The molecule has 0 saturated carbocycles. The molecule has 0 unspecified atom stereocenters. The van der Waals surface area contributed by atoms with Gasteiger partial charge in [0.25, 0.3) is 0 Å². The van der Waals surface area contributed by atoms with E-state index in [1.54, 1.807) is 4.90 Å². The van der Waals surface area contributed by atoms with Crippen molar-refractivity contribution in [1.29, 1.82) is 0 Å². The molecule has 1 fully saturated rings. The van der Waals surface area contributed by atoms with Gasteiger partial charge in [-0.05, 0) is 42.4 Å². The molecular formula is C24H36N4O4S. The minimum Gasteiger partial charge on any atom is -0.340 e. The number of carbonyl (C=O) groups excluding carboxylic acids is 1. The SMILES string of the molecule is CCc1noc(CCCC(=O)N2CCN(S(=O)(=O)c3c(C)cc(C(C)(C)C)cc3C)CC2)n1. The Morgan fingerprint density at radius 3 is 2.21 bits per heavy atom. The van der Waals surface area contributed by atoms with Crippen molar-refractivity contribution in [3.05, 3.63) is 40.5 Å². The zero-order valence-electron chi connectivity index (χ0n) is 20.6. The van der Waals surface area contributed by atoms with E-state index in [0.29, 0.717) is 62.1 Å². The summed E-state index contributed by atoms with van der Waals surface area (Å²) in [7, 11) is -3.62. The van der Waals surface area contributed by atoms with E-state index in [-0.39, 0.29) is 11.3 Å². The monoisotopic (exact) mass is 476 g/mol. The number of amides is 1. The van der Waals surface area contributed by atoms with E-state index < -0.39 is 10.0 Å². The maximum atomic E-state index is 13.4. The van der Waals surface area contributed by atoms with Crippen LogP contribution in [-0.2, 0) is 33.1 Å². The quantitative estimate of drug-likeness (QED) is 0.608. The number of sulfonamides is 1. The molecule has 1 aliphatic heterocycles. The second kappa shape index (κ2) is 9.93. The fourth-order valence-electron chi connectivity index (χ4n) is 4.18. The van der Waals surface area contributed by atoms with Crippen LogP contribution in [0.15, 0.2) is 21.6 Å². The maximum Gasteiger partial charge on any atom is 0.243 e. The number of hydrogen-bond donors (Lipinski definition) is 0. The summed E-state index contributed by atoms with van der Waals surface area (Å²) >= 11 is 0. The Balaban J connectivity index is 1.59. The first kappa shape index (κ1) is 25.4. The van der Waals surface area contributed by atoms with Crippen molar-refractivity contribution in [3.8, 4) is 0 Å². The molecule has 1 aromatic carbocycles. The Kier molecular flexibility index (Phi) is 7.63. The van der Waals surface area contributed by atoms with Gasteiger partial charge in [0.2, 0.25) is 21.8 Å². The second-order valence-corrected chi connectivity index (χ2v) is 11.7. The summed E-state index contributed by atoms with van der Waals surface area (Å²) in [6.07, 6.45) is 2.29. The first-order chi connectivity index (χ1) is 15.4. The topological polar surface area (TPSA) is 96.6 Å². The van der Waals surface area contributed by atoms with Crippen molar-refractivity contribution in [3.63, 3.8) is 0 Å². The lowest BCUT2D eigenvalue weighted by molar-refractivity contribution is -0.132. The molecule has 33 heavy (non-hydrogen) atoms. The Hall–Kier alpha value is -2.26. The Bertz CT molecular complexity index is 1070. The molecule has 0 N–H and O–H groups in total. The summed E-state index contributed by atoms with van der Waals surface area (Å²) in [4.78, 5) is 19.0. The molecule has 0 radical (unpaired) electrons. The maximum absolute atomic E-state index is 13.4. The van der Waals surface area contributed by atoms with Gasteiger partial charge < -0.3 is 9.42 Å². The molecule has 0 atom stereocenters. The molecule has 0 aliphatic carbocycles. The van der Waals surface area contributed by atoms with Gasteiger partial charge in [-0.2, -0.15) is 9.29 Å². The number of nitrogens with zero attached hydrogens (tertiary/aromatic N) is 4. The Morgan fingerprint density at radius 2 is 1.70 bits per heavy atom. The fraction of sp³-hybridized carbons (Fsp3) is 0.625. The molecule has 0 spiro atoms. The van der Waals surface area contributed by atoms with Crippen molar-refractivity contribution < 1.29 is 17.7 Å². The normalized spacial score (nSPS) is 15.8. The molecule has 2 aromatic rings. The Morgan fingerprint density at radius 1 is 1.09 bits per heavy atom. The van der Waals surface area contributed by atoms with Crippen molar-refractivity contribution >= 4 is 15.9 Å². The van der Waals surface area contributed by atoms with Gasteiger partial charge in [-0.1, -0.05) is 45.0 Å². The highest BCUT2D eigenvalue weighted by Crippen LogP contribution is 2.31. The van der Waals surface area contributed by atoms with Gasteiger partial charge in [0.15, 0.2) is 5.82 Å². The van der Waals surface area contributed by atoms with Crippen LogP contribution >= 0.6 is 0 Å². The molecule has 3 rings (SSSR count). The largest absolute Gasteiger partial charge is 0.340 e. The fourth-order valence-corrected chi connectivity index (χ4v) is 6.02. The molecule has 0 bridgehead atoms. The van der Waals surface area contributed by atoms with Crippen molar-refractivity contribution in [2.24, 2.45) is 0 Å². The van der Waals surface area contributed by atoms with E-state index in [1.807, 2.05) is 32.9 Å². The number of aryl methyl sites for hydroxylation is 4. The average molecular weight is 477 g/mol. The summed E-state index contributed by atoms with van der Waals surface area (Å²) < 4.78 is 33.5. The predicted molar refractivity (Wildman–Crippen MR) is 127 cm³/mol. The number of carbonyl (C=O) groups is 1. The van der Waals surface area contributed by atoms with E-state index >= 15 is 0 Å². The van der Waals surface area contributed by atoms with Gasteiger partial charge in [-0.15, -0.1) is 0 Å². The number of hydrogen-bond acceptors (Lipinski definition) is 6. The van der Waals surface area contributed by atoms with E-state index in [9.17, 15) is 13.2 Å². The molecular weight excluding hydrogens is 440 g/mol. The van der Waals surface area contributed by atoms with Crippen LogP contribution in [0.3, 0.4) is 0 Å². The average Bonchev–Trinajstić information content (AvgIpc) is 3.20. The van der Waals surface area contributed by atoms with Crippen LogP contribution < -0.4 is 0 Å². The zero-order valence-corrected chi connectivity index (χ0v) is 21.5. The van der Waals surface area contributed by atoms with E-state index in [0.717, 1.165) is 23.1 Å². The number of piperazine rings is 1. The lowest BCUT2D eigenvalue weighted by Gasteiger charge is -2.35. The van der Waals surface area contributed by atoms with Crippen molar-refractivity contribution in [1.82, 2.24) is 19.3 Å². The van der Waals surface area contributed by atoms with Crippen LogP contribution in [0.25, 0.3) is 0 Å². The minimum absolute atomic E-state index is 0.0316. The van der Waals surface area contributed by atoms with Crippen molar-refractivity contribution in [2.45, 2.75) is 77.5 Å². The first-order valence-corrected chi connectivity index (χ1v) is 13.1. The van der Waals surface area contributed by atoms with E-state index in [4.69, 9.17) is 4.52 Å². The molecule has 1 aliphatic rings. The molecule has 1 saturated heterocycles. The van der Waals surface area contributed by atoms with Gasteiger partial charge in [0, 0.05) is 45.4 Å². The summed E-state index contributed by atoms with van der Waals surface area (Å²) in [5, 5.41) is 3.86. The Labute approximate surface area is 197 Å². The highest BCUT2D eigenvalue weighted by atomic mass is 32.2. The molecule has 8 nitrogen and oxygen atoms in total. The standard InChI is InChI=1S/C24H36N4O4S/c1-7-20-25-21(32-26-20)9-8-10-22(29)27-11-13-28(14-12-27)33(30,31)23-17(2)15-19(16-18(23)3)24(4,5)6/h15-16H,7-14H2,1-6H3. The third-order valence-corrected chi connectivity index (χ3v) is 8.33. The predicted octanol–water partition coefficient (Wildman–Crippen LogP) is 3.40. The first-order valence-electron chi connectivity index (χ1n) is 11.6. The summed E-state index contributed by atoms with van der Waals surface area (Å²) in [6.45, 7) is 13.5. The lowest BCUT2D eigenvalue weighted by Crippen LogP contribution is -2.50. The molecule has 1 amide bonds. The number of benzene rings is 1. The van der Waals surface area contributed by atoms with Crippen LogP contribution in [0.2, 0.25) is 0 Å². The minimum atomic E-state index is -3.62. The van der Waals surface area contributed by atoms with E-state index in [1.165, 1.54) is 4.31 Å². The van der Waals surface area contributed by atoms with Gasteiger partial charge in [0.05, 0.1) is 4.90 Å².